The molecule has 26 heavy (non-hydrogen) atoms. The zero-order valence-electron chi connectivity index (χ0n) is 14.6. The third-order valence-electron chi connectivity index (χ3n) is 4.47. The Hall–Kier alpha value is -2.68. The highest BCUT2D eigenvalue weighted by molar-refractivity contribution is 7.17. The summed E-state index contributed by atoms with van der Waals surface area (Å²) in [5.74, 6) is 2.74. The Kier molecular flexibility index (Phi) is 4.46. The van der Waals surface area contributed by atoms with Gasteiger partial charge in [-0.1, -0.05) is 6.92 Å². The molecule has 0 spiro atoms. The number of amides is 1. The Bertz CT molecular complexity index is 934. The van der Waals surface area contributed by atoms with Crippen LogP contribution in [0.2, 0.25) is 0 Å². The molecular formula is C17H19N7OS. The van der Waals surface area contributed by atoms with Gasteiger partial charge in [0.25, 0.3) is 5.91 Å². The highest BCUT2D eigenvalue weighted by Crippen LogP contribution is 2.26. The SMILES string of the molecule is CCc1nc(-c2ncccn2)sc1C(=O)NCC1Cc2nnc(C)n2C1. The summed E-state index contributed by atoms with van der Waals surface area (Å²) in [5, 5.41) is 12.0. The summed E-state index contributed by atoms with van der Waals surface area (Å²) in [6.45, 7) is 5.41. The van der Waals surface area contributed by atoms with Gasteiger partial charge in [-0.05, 0) is 19.4 Å². The summed E-state index contributed by atoms with van der Waals surface area (Å²) in [7, 11) is 0. The van der Waals surface area contributed by atoms with Gasteiger partial charge in [0.05, 0.1) is 5.69 Å². The highest BCUT2D eigenvalue weighted by Gasteiger charge is 2.26. The third kappa shape index (κ3) is 3.10. The van der Waals surface area contributed by atoms with E-state index in [1.807, 2.05) is 13.8 Å². The first kappa shape index (κ1) is 16.8. The van der Waals surface area contributed by atoms with Crippen LogP contribution in [0.25, 0.3) is 10.8 Å². The van der Waals surface area contributed by atoms with Crippen LogP contribution in [0, 0.1) is 12.8 Å². The van der Waals surface area contributed by atoms with Gasteiger partial charge >= 0.3 is 0 Å². The first-order chi connectivity index (χ1) is 12.7. The molecule has 8 nitrogen and oxygen atoms in total. The van der Waals surface area contributed by atoms with Crippen molar-refractivity contribution in [2.45, 2.75) is 33.2 Å². The number of nitrogens with zero attached hydrogens (tertiary/aromatic N) is 6. The number of rotatable bonds is 5. The van der Waals surface area contributed by atoms with Crippen molar-refractivity contribution in [2.75, 3.05) is 6.54 Å². The van der Waals surface area contributed by atoms with Crippen molar-refractivity contribution in [1.29, 1.82) is 0 Å². The van der Waals surface area contributed by atoms with Gasteiger partial charge in [-0.2, -0.15) is 0 Å². The molecule has 0 radical (unpaired) electrons. The number of hydrogen-bond donors (Lipinski definition) is 1. The molecule has 1 aliphatic heterocycles. The van der Waals surface area contributed by atoms with Crippen molar-refractivity contribution >= 4 is 17.2 Å². The molecule has 0 saturated heterocycles. The number of fused-ring (bicyclic) bond motifs is 1. The lowest BCUT2D eigenvalue weighted by Crippen LogP contribution is -2.30. The second-order valence-corrected chi connectivity index (χ2v) is 7.27. The zero-order chi connectivity index (χ0) is 18.1. The van der Waals surface area contributed by atoms with Crippen LogP contribution in [0.15, 0.2) is 18.5 Å². The van der Waals surface area contributed by atoms with Gasteiger partial charge < -0.3 is 9.88 Å². The van der Waals surface area contributed by atoms with Crippen LogP contribution in [0.4, 0.5) is 0 Å². The summed E-state index contributed by atoms with van der Waals surface area (Å²) >= 11 is 1.34. The van der Waals surface area contributed by atoms with E-state index in [0.29, 0.717) is 34.6 Å². The second-order valence-electron chi connectivity index (χ2n) is 6.28. The summed E-state index contributed by atoms with van der Waals surface area (Å²) in [6, 6.07) is 1.76. The van der Waals surface area contributed by atoms with E-state index >= 15 is 0 Å². The van der Waals surface area contributed by atoms with Crippen molar-refractivity contribution in [1.82, 2.24) is 35.0 Å². The molecule has 1 atom stereocenters. The average Bonchev–Trinajstić information content (AvgIpc) is 3.36. The first-order valence-corrected chi connectivity index (χ1v) is 9.41. The van der Waals surface area contributed by atoms with Gasteiger partial charge in [0.15, 0.2) is 10.8 Å². The van der Waals surface area contributed by atoms with Gasteiger partial charge in [0, 0.05) is 37.8 Å². The lowest BCUT2D eigenvalue weighted by atomic mass is 10.1. The highest BCUT2D eigenvalue weighted by atomic mass is 32.1. The molecule has 9 heteroatoms. The van der Waals surface area contributed by atoms with Gasteiger partial charge in [-0.3, -0.25) is 4.79 Å². The predicted octanol–water partition coefficient (Wildman–Crippen LogP) is 1.66. The van der Waals surface area contributed by atoms with E-state index in [-0.39, 0.29) is 5.91 Å². The van der Waals surface area contributed by atoms with E-state index in [1.54, 1.807) is 18.5 Å². The maximum Gasteiger partial charge on any atom is 0.263 e. The monoisotopic (exact) mass is 369 g/mol. The lowest BCUT2D eigenvalue weighted by Gasteiger charge is -2.10. The standard InChI is InChI=1S/C17H19N7OS/c1-3-12-14(26-17(21-12)15-18-5-4-6-19-15)16(25)20-8-11-7-13-23-22-10(2)24(13)9-11/h4-6,11H,3,7-9H2,1-2H3,(H,20,25). The van der Waals surface area contributed by atoms with Crippen molar-refractivity contribution in [3.63, 3.8) is 0 Å². The van der Waals surface area contributed by atoms with Gasteiger partial charge in [-0.25, -0.2) is 15.0 Å². The molecule has 0 saturated carbocycles. The number of nitrogens with one attached hydrogen (secondary N) is 1. The molecule has 1 aliphatic rings. The molecule has 0 fully saturated rings. The smallest absolute Gasteiger partial charge is 0.263 e. The van der Waals surface area contributed by atoms with Gasteiger partial charge in [0.2, 0.25) is 0 Å². The maximum atomic E-state index is 12.7. The molecule has 0 bridgehead atoms. The molecule has 3 aromatic heterocycles. The number of aryl methyl sites for hydroxylation is 2. The Balaban J connectivity index is 1.44. The minimum Gasteiger partial charge on any atom is -0.351 e. The summed E-state index contributed by atoms with van der Waals surface area (Å²) < 4.78 is 2.12. The molecule has 1 amide bonds. The first-order valence-electron chi connectivity index (χ1n) is 8.59. The number of aromatic nitrogens is 6. The van der Waals surface area contributed by atoms with Gasteiger partial charge in [0.1, 0.15) is 16.5 Å². The van der Waals surface area contributed by atoms with Crippen LogP contribution < -0.4 is 5.32 Å². The van der Waals surface area contributed by atoms with Crippen molar-refractivity contribution in [3.8, 4) is 10.8 Å². The normalized spacial score (nSPS) is 15.8. The lowest BCUT2D eigenvalue weighted by molar-refractivity contribution is 0.0950. The number of carbonyl (C=O) groups excluding carboxylic acids is 1. The van der Waals surface area contributed by atoms with Crippen molar-refractivity contribution < 1.29 is 4.79 Å². The van der Waals surface area contributed by atoms with E-state index in [2.05, 4.69) is 35.0 Å². The van der Waals surface area contributed by atoms with E-state index < -0.39 is 0 Å². The minimum absolute atomic E-state index is 0.0825. The van der Waals surface area contributed by atoms with Crippen LogP contribution in [-0.4, -0.2) is 42.2 Å². The Labute approximate surface area is 154 Å². The van der Waals surface area contributed by atoms with E-state index in [1.165, 1.54) is 11.3 Å². The topological polar surface area (TPSA) is 98.5 Å². The van der Waals surface area contributed by atoms with Crippen LogP contribution in [-0.2, 0) is 19.4 Å². The Morgan fingerprint density at radius 3 is 2.88 bits per heavy atom. The summed E-state index contributed by atoms with van der Waals surface area (Å²) in [5.41, 5.74) is 0.786. The Morgan fingerprint density at radius 1 is 1.35 bits per heavy atom. The van der Waals surface area contributed by atoms with Gasteiger partial charge in [-0.15, -0.1) is 21.5 Å². The third-order valence-corrected chi connectivity index (χ3v) is 5.56. The molecule has 134 valence electrons. The molecule has 1 N–H and O–H groups in total. The molecule has 4 rings (SSSR count). The molecule has 0 aromatic carbocycles. The van der Waals surface area contributed by atoms with E-state index in [4.69, 9.17) is 0 Å². The van der Waals surface area contributed by atoms with E-state index in [9.17, 15) is 4.79 Å². The zero-order valence-corrected chi connectivity index (χ0v) is 15.5. The summed E-state index contributed by atoms with van der Waals surface area (Å²) in [4.78, 5) is 26.3. The van der Waals surface area contributed by atoms with Crippen LogP contribution in [0.3, 0.4) is 0 Å². The second kappa shape index (κ2) is 6.91. The van der Waals surface area contributed by atoms with Crippen molar-refractivity contribution in [3.05, 3.63) is 40.7 Å². The van der Waals surface area contributed by atoms with E-state index in [0.717, 1.165) is 30.3 Å². The quantitative estimate of drug-likeness (QED) is 0.734. The maximum absolute atomic E-state index is 12.7. The molecule has 4 heterocycles. The average molecular weight is 369 g/mol. The number of thiazole rings is 1. The number of carbonyl (C=O) groups is 1. The van der Waals surface area contributed by atoms with Crippen LogP contribution in [0.1, 0.15) is 33.9 Å². The largest absolute Gasteiger partial charge is 0.351 e. The molecule has 0 aliphatic carbocycles. The van der Waals surface area contributed by atoms with Crippen molar-refractivity contribution in [2.24, 2.45) is 5.92 Å². The van der Waals surface area contributed by atoms with Crippen LogP contribution in [0.5, 0.6) is 0 Å². The Morgan fingerprint density at radius 2 is 2.15 bits per heavy atom. The predicted molar refractivity (Wildman–Crippen MR) is 96.8 cm³/mol. The van der Waals surface area contributed by atoms with Crippen LogP contribution >= 0.6 is 11.3 Å². The molecular weight excluding hydrogens is 350 g/mol. The fourth-order valence-electron chi connectivity index (χ4n) is 3.12. The number of hydrogen-bond acceptors (Lipinski definition) is 7. The molecule has 3 aromatic rings. The minimum atomic E-state index is -0.0825. The molecule has 1 unspecified atom stereocenters. The summed E-state index contributed by atoms with van der Waals surface area (Å²) in [6.07, 6.45) is 4.88. The fourth-order valence-corrected chi connectivity index (χ4v) is 4.14. The fraction of sp³-hybridized carbons (Fsp3) is 0.412.